The molecule has 0 fully saturated rings. The Morgan fingerprint density at radius 2 is 0.865 bits per heavy atom. The van der Waals surface area contributed by atoms with Crippen LogP contribution in [0.2, 0.25) is 0 Å². The lowest BCUT2D eigenvalue weighted by Crippen LogP contribution is -2.20. The molecule has 3 heteroatoms. The van der Waals surface area contributed by atoms with Gasteiger partial charge in [-0.1, -0.05) is 154 Å². The topological polar surface area (TPSA) is 0 Å². The van der Waals surface area contributed by atoms with Gasteiger partial charge in [-0.05, 0) is 44.4 Å². The van der Waals surface area contributed by atoms with E-state index in [2.05, 4.69) is 139 Å². The van der Waals surface area contributed by atoms with Crippen LogP contribution in [0.4, 0.5) is 0 Å². The average Bonchev–Trinajstić information content (AvgIpc) is 3.26. The first-order valence-corrected chi connectivity index (χ1v) is 17.1. The summed E-state index contributed by atoms with van der Waals surface area (Å²) >= 11 is 2.03. The zero-order chi connectivity index (χ0) is 26.2. The normalized spacial score (nSPS) is 14.2. The Morgan fingerprint density at radius 3 is 1.22 bits per heavy atom. The van der Waals surface area contributed by atoms with Crippen molar-refractivity contribution in [2.45, 2.75) is 64.2 Å². The van der Waals surface area contributed by atoms with Gasteiger partial charge in [0.1, 0.15) is 0 Å². The first kappa shape index (κ1) is 26.6. The van der Waals surface area contributed by atoms with Crippen LogP contribution in [0.3, 0.4) is 0 Å². The highest BCUT2D eigenvalue weighted by Gasteiger charge is 2.28. The molecule has 0 bridgehead atoms. The summed E-state index contributed by atoms with van der Waals surface area (Å²) in [6.07, 6.45) is 2.25. The Balaban J connectivity index is 1.59. The summed E-state index contributed by atoms with van der Waals surface area (Å²) in [4.78, 5) is 0. The first-order chi connectivity index (χ1) is 17.6. The Morgan fingerprint density at radius 1 is 0.486 bits per heavy atom. The molecule has 4 aromatic carbocycles. The standard InChI is InChI=1S/C34H38P2S/c1-33(2,3)35(27-17-9-7-10-18-27)23-25-15-13-21-29-30-22-14-16-26(32(30)37-31(25)29)24-36(34(4,5)6)28-19-11-8-12-20-28/h7-22H,23-24H2,1-6H3. The van der Waals surface area contributed by atoms with Gasteiger partial charge in [0, 0.05) is 20.2 Å². The van der Waals surface area contributed by atoms with Gasteiger partial charge in [0.2, 0.25) is 0 Å². The molecule has 0 aliphatic carbocycles. The fraction of sp³-hybridized carbons (Fsp3) is 0.294. The van der Waals surface area contributed by atoms with Crippen molar-refractivity contribution in [3.63, 3.8) is 0 Å². The van der Waals surface area contributed by atoms with Crippen molar-refractivity contribution in [3.05, 3.63) is 108 Å². The highest BCUT2D eigenvalue weighted by molar-refractivity contribution is 7.66. The monoisotopic (exact) mass is 540 g/mol. The van der Waals surface area contributed by atoms with Crippen LogP contribution in [0.5, 0.6) is 0 Å². The van der Waals surface area contributed by atoms with Gasteiger partial charge in [-0.2, -0.15) is 0 Å². The molecule has 1 aromatic heterocycles. The van der Waals surface area contributed by atoms with E-state index in [1.807, 2.05) is 11.3 Å². The Bertz CT molecular complexity index is 1370. The van der Waals surface area contributed by atoms with Gasteiger partial charge in [0.25, 0.3) is 0 Å². The highest BCUT2D eigenvalue weighted by atomic mass is 32.1. The van der Waals surface area contributed by atoms with Crippen molar-refractivity contribution in [2.24, 2.45) is 0 Å². The Labute approximate surface area is 229 Å². The van der Waals surface area contributed by atoms with Crippen LogP contribution in [-0.2, 0) is 12.3 Å². The molecule has 0 saturated heterocycles. The van der Waals surface area contributed by atoms with Crippen LogP contribution in [-0.4, -0.2) is 10.3 Å². The van der Waals surface area contributed by atoms with Crippen LogP contribution in [0.1, 0.15) is 52.7 Å². The van der Waals surface area contributed by atoms with Gasteiger partial charge in [-0.15, -0.1) is 11.3 Å². The summed E-state index contributed by atoms with van der Waals surface area (Å²) in [5.74, 6) is 0. The molecule has 0 aliphatic rings. The summed E-state index contributed by atoms with van der Waals surface area (Å²) in [5, 5.41) is 6.36. The quantitative estimate of drug-likeness (QED) is 0.188. The maximum atomic E-state index is 2.41. The van der Waals surface area contributed by atoms with Gasteiger partial charge >= 0.3 is 0 Å². The second kappa shape index (κ2) is 10.6. The number of hydrogen-bond acceptors (Lipinski definition) is 1. The molecule has 2 unspecified atom stereocenters. The van der Waals surface area contributed by atoms with Crippen LogP contribution in [0, 0.1) is 0 Å². The van der Waals surface area contributed by atoms with E-state index in [1.54, 1.807) is 0 Å². The third-order valence-corrected chi connectivity index (χ3v) is 14.9. The lowest BCUT2D eigenvalue weighted by Gasteiger charge is -2.32. The molecule has 0 amide bonds. The van der Waals surface area contributed by atoms with Gasteiger partial charge in [0.05, 0.1) is 0 Å². The number of fused-ring (bicyclic) bond motifs is 3. The summed E-state index contributed by atoms with van der Waals surface area (Å²) in [6, 6.07) is 36.4. The van der Waals surface area contributed by atoms with E-state index in [9.17, 15) is 0 Å². The smallest absolute Gasteiger partial charge is 0.0391 e. The van der Waals surface area contributed by atoms with Crippen LogP contribution < -0.4 is 10.6 Å². The predicted octanol–water partition coefficient (Wildman–Crippen LogP) is 10.3. The van der Waals surface area contributed by atoms with Gasteiger partial charge in [0.15, 0.2) is 0 Å². The molecule has 37 heavy (non-hydrogen) atoms. The molecular formula is C34H38P2S. The number of hydrogen-bond donors (Lipinski definition) is 0. The second-order valence-corrected chi connectivity index (χ2v) is 19.0. The minimum Gasteiger partial charge on any atom is -0.135 e. The molecule has 0 aliphatic heterocycles. The minimum atomic E-state index is -0.333. The zero-order valence-electron chi connectivity index (χ0n) is 23.0. The van der Waals surface area contributed by atoms with Gasteiger partial charge in [-0.3, -0.25) is 0 Å². The maximum Gasteiger partial charge on any atom is 0.0391 e. The SMILES string of the molecule is CC(C)(C)P(Cc1cccc2c1sc1c(CP(c3ccccc3)C(C)(C)C)cccc12)c1ccccc1. The van der Waals surface area contributed by atoms with E-state index in [-0.39, 0.29) is 26.2 Å². The van der Waals surface area contributed by atoms with Crippen LogP contribution >= 0.6 is 27.2 Å². The molecule has 0 saturated carbocycles. The van der Waals surface area contributed by atoms with Crippen molar-refractivity contribution in [3.8, 4) is 0 Å². The molecule has 190 valence electrons. The summed E-state index contributed by atoms with van der Waals surface area (Å²) in [7, 11) is -0.666. The lowest BCUT2D eigenvalue weighted by molar-refractivity contribution is 0.785. The van der Waals surface area contributed by atoms with Gasteiger partial charge < -0.3 is 0 Å². The summed E-state index contributed by atoms with van der Waals surface area (Å²) in [5.41, 5.74) is 3.02. The van der Waals surface area contributed by atoms with Crippen molar-refractivity contribution in [1.29, 1.82) is 0 Å². The largest absolute Gasteiger partial charge is 0.135 e. The number of benzene rings is 4. The van der Waals surface area contributed by atoms with E-state index < -0.39 is 0 Å². The average molecular weight is 541 g/mol. The van der Waals surface area contributed by atoms with E-state index >= 15 is 0 Å². The van der Waals surface area contributed by atoms with Crippen LogP contribution in [0.15, 0.2) is 97.1 Å². The highest BCUT2D eigenvalue weighted by Crippen LogP contribution is 2.54. The van der Waals surface area contributed by atoms with E-state index in [0.717, 1.165) is 12.3 Å². The molecule has 0 radical (unpaired) electrons. The molecule has 5 rings (SSSR count). The van der Waals surface area contributed by atoms with E-state index in [0.29, 0.717) is 0 Å². The lowest BCUT2D eigenvalue weighted by atomic mass is 10.1. The number of thiophene rings is 1. The first-order valence-electron chi connectivity index (χ1n) is 13.2. The minimum absolute atomic E-state index is 0.249. The fourth-order valence-corrected chi connectivity index (χ4v) is 11.8. The van der Waals surface area contributed by atoms with E-state index in [4.69, 9.17) is 0 Å². The van der Waals surface area contributed by atoms with Gasteiger partial charge in [-0.25, -0.2) is 0 Å². The second-order valence-electron chi connectivity index (χ2n) is 11.9. The third-order valence-electron chi connectivity index (χ3n) is 7.10. The van der Waals surface area contributed by atoms with Crippen molar-refractivity contribution in [1.82, 2.24) is 0 Å². The molecule has 0 N–H and O–H groups in total. The fourth-order valence-electron chi connectivity index (χ4n) is 5.17. The molecule has 0 nitrogen and oxygen atoms in total. The Kier molecular flexibility index (Phi) is 7.62. The number of rotatable bonds is 6. The van der Waals surface area contributed by atoms with Crippen LogP contribution in [0.25, 0.3) is 20.2 Å². The van der Waals surface area contributed by atoms with E-state index in [1.165, 1.54) is 41.9 Å². The summed E-state index contributed by atoms with van der Waals surface area (Å²) in [6.45, 7) is 14.5. The molecule has 2 atom stereocenters. The third kappa shape index (κ3) is 5.71. The molecular weight excluding hydrogens is 502 g/mol. The predicted molar refractivity (Wildman–Crippen MR) is 172 cm³/mol. The summed E-state index contributed by atoms with van der Waals surface area (Å²) < 4.78 is 2.97. The molecule has 1 heterocycles. The van der Waals surface area contributed by atoms with Crippen molar-refractivity contribution < 1.29 is 0 Å². The Hall–Kier alpha value is -2.04. The van der Waals surface area contributed by atoms with Crippen molar-refractivity contribution in [2.75, 3.05) is 0 Å². The molecule has 5 aromatic rings. The van der Waals surface area contributed by atoms with Crippen molar-refractivity contribution >= 4 is 58.0 Å². The molecule has 0 spiro atoms. The maximum absolute atomic E-state index is 2.41. The zero-order valence-corrected chi connectivity index (χ0v) is 25.6.